The minimum atomic E-state index is -0.195. The first-order chi connectivity index (χ1) is 11.1. The number of nitrogens with zero attached hydrogens (tertiary/aromatic N) is 3. The first-order valence-electron chi connectivity index (χ1n) is 8.12. The minimum absolute atomic E-state index is 0.195. The molecule has 0 radical (unpaired) electrons. The Balaban J connectivity index is 1.76. The Bertz CT molecular complexity index is 683. The molecule has 0 bridgehead atoms. The van der Waals surface area contributed by atoms with Crippen LogP contribution in [0.25, 0.3) is 0 Å². The number of hydrogen-bond acceptors (Lipinski definition) is 3. The number of imidazole rings is 1. The van der Waals surface area contributed by atoms with Gasteiger partial charge in [-0.2, -0.15) is 0 Å². The number of ether oxygens (including phenoxy) is 1. The molecule has 0 N–H and O–H groups in total. The van der Waals surface area contributed by atoms with E-state index >= 15 is 0 Å². The van der Waals surface area contributed by atoms with Crippen LogP contribution in [0.5, 0.6) is 5.75 Å². The summed E-state index contributed by atoms with van der Waals surface area (Å²) in [6.07, 6.45) is 4.30. The van der Waals surface area contributed by atoms with E-state index in [0.29, 0.717) is 23.8 Å². The number of likely N-dealkylation sites (tertiary alicyclic amines) is 1. The quantitative estimate of drug-likeness (QED) is 0.867. The van der Waals surface area contributed by atoms with Gasteiger partial charge in [0.15, 0.2) is 0 Å². The summed E-state index contributed by atoms with van der Waals surface area (Å²) in [6.45, 7) is 4.49. The van der Waals surface area contributed by atoms with Crippen LogP contribution in [0, 0.1) is 12.7 Å². The lowest BCUT2D eigenvalue weighted by Crippen LogP contribution is -2.35. The van der Waals surface area contributed by atoms with E-state index in [-0.39, 0.29) is 5.82 Å². The van der Waals surface area contributed by atoms with Crippen molar-refractivity contribution >= 4 is 0 Å². The van der Waals surface area contributed by atoms with E-state index in [1.54, 1.807) is 13.2 Å². The highest BCUT2D eigenvalue weighted by molar-refractivity contribution is 5.34. The molecule has 1 saturated heterocycles. The highest BCUT2D eigenvalue weighted by Gasteiger charge is 2.25. The zero-order valence-corrected chi connectivity index (χ0v) is 14.1. The summed E-state index contributed by atoms with van der Waals surface area (Å²) < 4.78 is 21.6. The number of methoxy groups -OCH3 is 1. The number of halogens is 1. The van der Waals surface area contributed by atoms with Crippen LogP contribution in [0.3, 0.4) is 0 Å². The first-order valence-corrected chi connectivity index (χ1v) is 8.12. The summed E-state index contributed by atoms with van der Waals surface area (Å²) in [6, 6.07) is 5.01. The monoisotopic (exact) mass is 317 g/mol. The third kappa shape index (κ3) is 3.39. The van der Waals surface area contributed by atoms with Crippen molar-refractivity contribution in [3.05, 3.63) is 47.3 Å². The van der Waals surface area contributed by atoms with Gasteiger partial charge >= 0.3 is 0 Å². The lowest BCUT2D eigenvalue weighted by atomic mass is 9.96. The molecule has 23 heavy (non-hydrogen) atoms. The third-order valence-corrected chi connectivity index (χ3v) is 4.58. The van der Waals surface area contributed by atoms with Gasteiger partial charge in [-0.25, -0.2) is 9.37 Å². The Morgan fingerprint density at radius 3 is 2.91 bits per heavy atom. The number of piperidine rings is 1. The highest BCUT2D eigenvalue weighted by atomic mass is 19.1. The van der Waals surface area contributed by atoms with E-state index in [4.69, 9.17) is 4.74 Å². The summed E-state index contributed by atoms with van der Waals surface area (Å²) >= 11 is 0. The Morgan fingerprint density at radius 2 is 2.22 bits per heavy atom. The number of benzene rings is 1. The van der Waals surface area contributed by atoms with Crippen molar-refractivity contribution in [3.63, 3.8) is 0 Å². The fourth-order valence-electron chi connectivity index (χ4n) is 3.53. The molecule has 0 unspecified atom stereocenters. The van der Waals surface area contributed by atoms with E-state index in [9.17, 15) is 4.39 Å². The molecule has 1 aromatic heterocycles. The maximum absolute atomic E-state index is 14.2. The molecule has 124 valence electrons. The molecule has 2 heterocycles. The molecular formula is C18H24FN3O. The van der Waals surface area contributed by atoms with Gasteiger partial charge in [-0.1, -0.05) is 6.07 Å². The van der Waals surface area contributed by atoms with Crippen LogP contribution in [0.15, 0.2) is 24.4 Å². The summed E-state index contributed by atoms with van der Waals surface area (Å²) in [4.78, 5) is 6.97. The van der Waals surface area contributed by atoms with Gasteiger partial charge in [-0.15, -0.1) is 0 Å². The average Bonchev–Trinajstić information content (AvgIpc) is 2.88. The van der Waals surface area contributed by atoms with Crippen molar-refractivity contribution in [2.75, 3.05) is 20.2 Å². The maximum Gasteiger partial charge on any atom is 0.131 e. The SMILES string of the molecule is COc1cccc(F)c1CN1CCC[C@@H](c2nc(C)cn2C)C1. The van der Waals surface area contributed by atoms with Crippen molar-refractivity contribution in [3.8, 4) is 5.75 Å². The second kappa shape index (κ2) is 6.71. The molecule has 3 rings (SSSR count). The van der Waals surface area contributed by atoms with Crippen molar-refractivity contribution in [1.29, 1.82) is 0 Å². The normalized spacial score (nSPS) is 19.0. The van der Waals surface area contributed by atoms with E-state index in [1.807, 2.05) is 20.0 Å². The average molecular weight is 317 g/mol. The molecule has 0 amide bonds. The lowest BCUT2D eigenvalue weighted by molar-refractivity contribution is 0.191. The summed E-state index contributed by atoms with van der Waals surface area (Å²) in [5.41, 5.74) is 1.70. The topological polar surface area (TPSA) is 30.3 Å². The van der Waals surface area contributed by atoms with Gasteiger partial charge in [-0.05, 0) is 38.4 Å². The van der Waals surface area contributed by atoms with Gasteiger partial charge in [-0.3, -0.25) is 4.90 Å². The van der Waals surface area contributed by atoms with Crippen LogP contribution in [0.1, 0.15) is 35.8 Å². The van der Waals surface area contributed by atoms with Crippen LogP contribution in [0.4, 0.5) is 4.39 Å². The molecule has 0 spiro atoms. The standard InChI is InChI=1S/C18H24FN3O/c1-13-10-21(2)18(20-13)14-6-5-9-22(11-14)12-15-16(19)7-4-8-17(15)23-3/h4,7-8,10,14H,5-6,9,11-12H2,1-3H3/t14-/m1/s1. The number of rotatable bonds is 4. The summed E-state index contributed by atoms with van der Waals surface area (Å²) in [7, 11) is 3.64. The molecule has 4 nitrogen and oxygen atoms in total. The largest absolute Gasteiger partial charge is 0.496 e. The zero-order chi connectivity index (χ0) is 16.4. The van der Waals surface area contributed by atoms with Crippen LogP contribution in [-0.2, 0) is 13.6 Å². The molecule has 2 aromatic rings. The molecule has 1 atom stereocenters. The van der Waals surface area contributed by atoms with Gasteiger partial charge in [0.2, 0.25) is 0 Å². The molecule has 5 heteroatoms. The number of aryl methyl sites for hydroxylation is 2. The fraction of sp³-hybridized carbons (Fsp3) is 0.500. The second-order valence-electron chi connectivity index (χ2n) is 6.35. The Kier molecular flexibility index (Phi) is 4.66. The van der Waals surface area contributed by atoms with Gasteiger partial charge in [0.25, 0.3) is 0 Å². The van der Waals surface area contributed by atoms with E-state index in [1.165, 1.54) is 6.07 Å². The summed E-state index contributed by atoms with van der Waals surface area (Å²) in [5, 5.41) is 0. The van der Waals surface area contributed by atoms with Crippen LogP contribution in [0.2, 0.25) is 0 Å². The van der Waals surface area contributed by atoms with E-state index < -0.39 is 0 Å². The van der Waals surface area contributed by atoms with Gasteiger partial charge in [0, 0.05) is 37.8 Å². The molecule has 1 aromatic carbocycles. The molecule has 0 aliphatic carbocycles. The van der Waals surface area contributed by atoms with Crippen molar-refractivity contribution < 1.29 is 9.13 Å². The van der Waals surface area contributed by atoms with E-state index in [2.05, 4.69) is 20.6 Å². The van der Waals surface area contributed by atoms with Crippen molar-refractivity contribution in [1.82, 2.24) is 14.5 Å². The summed E-state index contributed by atoms with van der Waals surface area (Å²) in [5.74, 6) is 1.96. The second-order valence-corrected chi connectivity index (χ2v) is 6.35. The van der Waals surface area contributed by atoms with Crippen molar-refractivity contribution in [2.24, 2.45) is 7.05 Å². The van der Waals surface area contributed by atoms with Gasteiger partial charge in [0.1, 0.15) is 17.4 Å². The fourth-order valence-corrected chi connectivity index (χ4v) is 3.53. The van der Waals surface area contributed by atoms with Crippen molar-refractivity contribution in [2.45, 2.75) is 32.2 Å². The molecule has 1 aliphatic rings. The molecular weight excluding hydrogens is 293 g/mol. The minimum Gasteiger partial charge on any atom is -0.496 e. The lowest BCUT2D eigenvalue weighted by Gasteiger charge is -2.32. The van der Waals surface area contributed by atoms with Gasteiger partial charge in [0.05, 0.1) is 12.8 Å². The Hall–Kier alpha value is -1.88. The maximum atomic E-state index is 14.2. The first kappa shape index (κ1) is 16.0. The van der Waals surface area contributed by atoms with Crippen LogP contribution < -0.4 is 4.74 Å². The highest BCUT2D eigenvalue weighted by Crippen LogP contribution is 2.29. The predicted octanol–water partition coefficient (Wildman–Crippen LogP) is 3.26. The molecule has 1 fully saturated rings. The third-order valence-electron chi connectivity index (χ3n) is 4.58. The van der Waals surface area contributed by atoms with Crippen LogP contribution >= 0.6 is 0 Å². The Morgan fingerprint density at radius 1 is 1.39 bits per heavy atom. The van der Waals surface area contributed by atoms with Gasteiger partial charge < -0.3 is 9.30 Å². The molecule has 0 saturated carbocycles. The Labute approximate surface area is 136 Å². The molecule has 1 aliphatic heterocycles. The number of hydrogen-bond donors (Lipinski definition) is 0. The number of aromatic nitrogens is 2. The van der Waals surface area contributed by atoms with Crippen LogP contribution in [-0.4, -0.2) is 34.7 Å². The smallest absolute Gasteiger partial charge is 0.131 e. The van der Waals surface area contributed by atoms with E-state index in [0.717, 1.165) is 37.4 Å². The zero-order valence-electron chi connectivity index (χ0n) is 14.1. The predicted molar refractivity (Wildman–Crippen MR) is 88.1 cm³/mol.